The molecule has 0 bridgehead atoms. The van der Waals surface area contributed by atoms with Crippen molar-refractivity contribution in [2.45, 2.75) is 0 Å². The Bertz CT molecular complexity index is 780. The van der Waals surface area contributed by atoms with E-state index in [1.807, 2.05) is 0 Å². The first kappa shape index (κ1) is 11.6. The Balaban J connectivity index is 2.21. The van der Waals surface area contributed by atoms with Crippen LogP contribution in [0.25, 0.3) is 22.4 Å². The molecule has 0 aliphatic rings. The summed E-state index contributed by atoms with van der Waals surface area (Å²) in [5.41, 5.74) is 6.89. The summed E-state index contributed by atoms with van der Waals surface area (Å²) >= 11 is 0. The van der Waals surface area contributed by atoms with Crippen LogP contribution in [0, 0.1) is 17.5 Å². The molecular formula is C13H8F3N3. The Morgan fingerprint density at radius 2 is 1.74 bits per heavy atom. The quantitative estimate of drug-likeness (QED) is 0.662. The molecule has 96 valence electrons. The third kappa shape index (κ3) is 1.91. The molecule has 0 unspecified atom stereocenters. The molecule has 0 aliphatic carbocycles. The number of imidazole rings is 1. The highest BCUT2D eigenvalue weighted by molar-refractivity contribution is 5.82. The van der Waals surface area contributed by atoms with Crippen molar-refractivity contribution in [1.82, 2.24) is 9.97 Å². The molecule has 3 aromatic rings. The van der Waals surface area contributed by atoms with E-state index in [1.165, 1.54) is 18.2 Å². The molecule has 6 heteroatoms. The van der Waals surface area contributed by atoms with Crippen molar-refractivity contribution in [3.8, 4) is 11.4 Å². The Hall–Kier alpha value is -2.50. The monoisotopic (exact) mass is 263 g/mol. The van der Waals surface area contributed by atoms with Gasteiger partial charge in [0.1, 0.15) is 11.6 Å². The van der Waals surface area contributed by atoms with Gasteiger partial charge in [0, 0.05) is 17.3 Å². The summed E-state index contributed by atoms with van der Waals surface area (Å²) in [4.78, 5) is 6.98. The normalized spacial score (nSPS) is 11.1. The lowest BCUT2D eigenvalue weighted by Crippen LogP contribution is -1.95. The van der Waals surface area contributed by atoms with Gasteiger partial charge in [-0.25, -0.2) is 18.2 Å². The highest BCUT2D eigenvalue weighted by atomic mass is 19.2. The topological polar surface area (TPSA) is 54.7 Å². The van der Waals surface area contributed by atoms with Crippen LogP contribution >= 0.6 is 0 Å². The zero-order valence-corrected chi connectivity index (χ0v) is 9.55. The molecule has 2 aromatic carbocycles. The summed E-state index contributed by atoms with van der Waals surface area (Å²) in [5.74, 6) is -2.20. The number of fused-ring (bicyclic) bond motifs is 1. The summed E-state index contributed by atoms with van der Waals surface area (Å²) in [6, 6.07) is 5.86. The molecule has 1 aromatic heterocycles. The van der Waals surface area contributed by atoms with E-state index in [2.05, 4.69) is 9.97 Å². The second-order valence-corrected chi connectivity index (χ2v) is 4.10. The number of nitrogens with one attached hydrogen (secondary N) is 1. The fourth-order valence-electron chi connectivity index (χ4n) is 1.88. The van der Waals surface area contributed by atoms with E-state index in [1.54, 1.807) is 0 Å². The van der Waals surface area contributed by atoms with Crippen molar-refractivity contribution in [3.05, 3.63) is 47.8 Å². The van der Waals surface area contributed by atoms with E-state index in [-0.39, 0.29) is 17.1 Å². The lowest BCUT2D eigenvalue weighted by atomic mass is 10.1. The summed E-state index contributed by atoms with van der Waals surface area (Å²) in [7, 11) is 0. The van der Waals surface area contributed by atoms with Crippen LogP contribution in [-0.2, 0) is 0 Å². The Morgan fingerprint density at radius 3 is 2.53 bits per heavy atom. The molecule has 3 N–H and O–H groups in total. The molecule has 0 aliphatic heterocycles. The maximum Gasteiger partial charge on any atom is 0.160 e. The summed E-state index contributed by atoms with van der Waals surface area (Å²) in [5, 5.41) is 0. The van der Waals surface area contributed by atoms with Crippen molar-refractivity contribution < 1.29 is 13.2 Å². The lowest BCUT2D eigenvalue weighted by molar-refractivity contribution is 0.509. The van der Waals surface area contributed by atoms with Gasteiger partial charge in [-0.05, 0) is 24.3 Å². The minimum atomic E-state index is -1.02. The predicted octanol–water partition coefficient (Wildman–Crippen LogP) is 3.23. The van der Waals surface area contributed by atoms with Gasteiger partial charge in [0.15, 0.2) is 11.6 Å². The van der Waals surface area contributed by atoms with Gasteiger partial charge in [0.2, 0.25) is 0 Å². The van der Waals surface area contributed by atoms with Crippen LogP contribution in [0.3, 0.4) is 0 Å². The molecule has 0 atom stereocenters. The fraction of sp³-hybridized carbons (Fsp3) is 0. The van der Waals surface area contributed by atoms with Crippen LogP contribution < -0.4 is 5.73 Å². The van der Waals surface area contributed by atoms with Gasteiger partial charge in [-0.1, -0.05) is 0 Å². The first-order chi connectivity index (χ1) is 9.04. The van der Waals surface area contributed by atoms with Crippen LogP contribution in [0.4, 0.5) is 18.9 Å². The fourth-order valence-corrected chi connectivity index (χ4v) is 1.88. The molecule has 0 amide bonds. The molecule has 0 saturated heterocycles. The Morgan fingerprint density at radius 1 is 1.00 bits per heavy atom. The highest BCUT2D eigenvalue weighted by Crippen LogP contribution is 2.28. The van der Waals surface area contributed by atoms with E-state index in [4.69, 9.17) is 5.73 Å². The maximum absolute atomic E-state index is 13.2. The summed E-state index contributed by atoms with van der Waals surface area (Å²) < 4.78 is 39.3. The smallest absolute Gasteiger partial charge is 0.160 e. The lowest BCUT2D eigenvalue weighted by Gasteiger charge is -2.03. The number of nitrogens with zero attached hydrogens (tertiary/aromatic N) is 1. The van der Waals surface area contributed by atoms with Crippen molar-refractivity contribution in [1.29, 1.82) is 0 Å². The number of hydrogen-bond donors (Lipinski definition) is 2. The molecule has 0 spiro atoms. The average molecular weight is 263 g/mol. The average Bonchev–Trinajstić information content (AvgIpc) is 2.76. The summed E-state index contributed by atoms with van der Waals surface area (Å²) in [6.07, 6.45) is 0. The number of nitrogen functional groups attached to an aromatic ring is 1. The van der Waals surface area contributed by atoms with Crippen molar-refractivity contribution in [2.75, 3.05) is 5.73 Å². The molecule has 3 rings (SSSR count). The van der Waals surface area contributed by atoms with Crippen LogP contribution in [0.1, 0.15) is 0 Å². The Labute approximate surface area is 105 Å². The zero-order valence-electron chi connectivity index (χ0n) is 9.55. The highest BCUT2D eigenvalue weighted by Gasteiger charge is 2.13. The van der Waals surface area contributed by atoms with Crippen molar-refractivity contribution in [2.24, 2.45) is 0 Å². The van der Waals surface area contributed by atoms with Gasteiger partial charge in [0.05, 0.1) is 11.0 Å². The number of anilines is 1. The second-order valence-electron chi connectivity index (χ2n) is 4.10. The molecule has 0 radical (unpaired) electrons. The van der Waals surface area contributed by atoms with Gasteiger partial charge in [-0.2, -0.15) is 0 Å². The maximum atomic E-state index is 13.2. The van der Waals surface area contributed by atoms with E-state index in [9.17, 15) is 13.2 Å². The number of benzene rings is 2. The number of hydrogen-bond acceptors (Lipinski definition) is 2. The molecule has 1 heterocycles. The predicted molar refractivity (Wildman–Crippen MR) is 65.8 cm³/mol. The second kappa shape index (κ2) is 4.01. The van der Waals surface area contributed by atoms with Crippen LogP contribution in [0.5, 0.6) is 0 Å². The first-order valence-corrected chi connectivity index (χ1v) is 5.45. The molecule has 19 heavy (non-hydrogen) atoms. The molecule has 0 saturated carbocycles. The largest absolute Gasteiger partial charge is 0.398 e. The number of aromatic amines is 1. The van der Waals surface area contributed by atoms with Gasteiger partial charge < -0.3 is 10.7 Å². The summed E-state index contributed by atoms with van der Waals surface area (Å²) in [6.45, 7) is 0. The zero-order chi connectivity index (χ0) is 13.6. The van der Waals surface area contributed by atoms with Gasteiger partial charge in [0.25, 0.3) is 0 Å². The van der Waals surface area contributed by atoms with Gasteiger partial charge >= 0.3 is 0 Å². The van der Waals surface area contributed by atoms with Crippen molar-refractivity contribution in [3.63, 3.8) is 0 Å². The van der Waals surface area contributed by atoms with E-state index < -0.39 is 17.5 Å². The van der Waals surface area contributed by atoms with Crippen LogP contribution in [0.2, 0.25) is 0 Å². The number of rotatable bonds is 1. The molecular weight excluding hydrogens is 255 g/mol. The first-order valence-electron chi connectivity index (χ1n) is 5.45. The van der Waals surface area contributed by atoms with E-state index in [0.717, 1.165) is 12.1 Å². The van der Waals surface area contributed by atoms with Crippen LogP contribution in [-0.4, -0.2) is 9.97 Å². The Kier molecular flexibility index (Phi) is 2.45. The van der Waals surface area contributed by atoms with Crippen LogP contribution in [0.15, 0.2) is 30.3 Å². The SMILES string of the molecule is Nc1cc(F)c(F)cc1-c1nc2ccc(F)cc2[nH]1. The van der Waals surface area contributed by atoms with Crippen molar-refractivity contribution >= 4 is 16.7 Å². The standard InChI is InChI=1S/C13H8F3N3/c14-6-1-2-11-12(3-6)19-13(18-11)7-4-8(15)9(16)5-10(7)17/h1-5H,17H2,(H,18,19). The minimum Gasteiger partial charge on any atom is -0.398 e. The van der Waals surface area contributed by atoms with E-state index >= 15 is 0 Å². The number of nitrogens with two attached hydrogens (primary N) is 1. The minimum absolute atomic E-state index is 0.0541. The van der Waals surface area contributed by atoms with E-state index in [0.29, 0.717) is 11.0 Å². The van der Waals surface area contributed by atoms with Gasteiger partial charge in [-0.15, -0.1) is 0 Å². The number of aromatic nitrogens is 2. The molecule has 0 fully saturated rings. The third-order valence-electron chi connectivity index (χ3n) is 2.79. The molecule has 3 nitrogen and oxygen atoms in total. The number of H-pyrrole nitrogens is 1. The third-order valence-corrected chi connectivity index (χ3v) is 2.79. The number of halogens is 3. The van der Waals surface area contributed by atoms with Gasteiger partial charge in [-0.3, -0.25) is 0 Å².